The Labute approximate surface area is 93.4 Å². The molecule has 0 atom stereocenters. The molecule has 0 fully saturated rings. The number of H-pyrrole nitrogens is 1. The molecule has 4 heteroatoms. The molecule has 1 aromatic carbocycles. The van der Waals surface area contributed by atoms with Crippen molar-refractivity contribution in [2.24, 2.45) is 0 Å². The van der Waals surface area contributed by atoms with E-state index in [-0.39, 0.29) is 0 Å². The van der Waals surface area contributed by atoms with Gasteiger partial charge in [-0.15, -0.1) is 0 Å². The molecule has 0 bridgehead atoms. The van der Waals surface area contributed by atoms with Crippen molar-refractivity contribution in [1.82, 2.24) is 4.98 Å². The molecule has 0 aliphatic rings. The van der Waals surface area contributed by atoms with Crippen molar-refractivity contribution in [3.8, 4) is 17.6 Å². The van der Waals surface area contributed by atoms with E-state index < -0.39 is 0 Å². The Bertz CT molecular complexity index is 552. The molecule has 0 aliphatic carbocycles. The van der Waals surface area contributed by atoms with Crippen LogP contribution in [0.1, 0.15) is 5.56 Å². The summed E-state index contributed by atoms with van der Waals surface area (Å²) < 4.78 is 10.5. The maximum Gasteiger partial charge on any atom is 0.132 e. The van der Waals surface area contributed by atoms with Crippen LogP contribution in [-0.4, -0.2) is 19.2 Å². The van der Waals surface area contributed by atoms with Gasteiger partial charge in [0.15, 0.2) is 0 Å². The van der Waals surface area contributed by atoms with Crippen LogP contribution in [0.5, 0.6) is 11.5 Å². The van der Waals surface area contributed by atoms with Crippen LogP contribution in [0.25, 0.3) is 10.9 Å². The number of rotatable bonds is 3. The third-order valence-corrected chi connectivity index (χ3v) is 2.52. The summed E-state index contributed by atoms with van der Waals surface area (Å²) in [4.78, 5) is 3.11. The zero-order valence-electron chi connectivity index (χ0n) is 9.20. The Morgan fingerprint density at radius 1 is 1.31 bits per heavy atom. The quantitative estimate of drug-likeness (QED) is 0.856. The van der Waals surface area contributed by atoms with E-state index in [9.17, 15) is 0 Å². The Kier molecular flexibility index (Phi) is 2.69. The van der Waals surface area contributed by atoms with Crippen LogP contribution in [0.4, 0.5) is 0 Å². The largest absolute Gasteiger partial charge is 0.497 e. The molecule has 82 valence electrons. The molecule has 0 spiro atoms. The number of nitrogens with zero attached hydrogens (tertiary/aromatic N) is 1. The highest BCUT2D eigenvalue weighted by Gasteiger charge is 2.11. The maximum absolute atomic E-state index is 8.73. The van der Waals surface area contributed by atoms with Gasteiger partial charge in [-0.25, -0.2) is 0 Å². The van der Waals surface area contributed by atoms with Crippen LogP contribution in [0.3, 0.4) is 0 Å². The van der Waals surface area contributed by atoms with Crippen LogP contribution in [0, 0.1) is 11.3 Å². The van der Waals surface area contributed by atoms with Crippen molar-refractivity contribution < 1.29 is 9.47 Å². The minimum Gasteiger partial charge on any atom is -0.497 e. The Hall–Kier alpha value is -2.15. The van der Waals surface area contributed by atoms with Crippen LogP contribution in [-0.2, 0) is 6.42 Å². The highest BCUT2D eigenvalue weighted by atomic mass is 16.5. The molecule has 4 nitrogen and oxygen atoms in total. The van der Waals surface area contributed by atoms with Gasteiger partial charge >= 0.3 is 0 Å². The second kappa shape index (κ2) is 4.15. The predicted molar refractivity (Wildman–Crippen MR) is 60.7 cm³/mol. The van der Waals surface area contributed by atoms with E-state index >= 15 is 0 Å². The molecule has 16 heavy (non-hydrogen) atoms. The van der Waals surface area contributed by atoms with Gasteiger partial charge in [0.2, 0.25) is 0 Å². The van der Waals surface area contributed by atoms with Crippen LogP contribution in [0.2, 0.25) is 0 Å². The summed E-state index contributed by atoms with van der Waals surface area (Å²) in [5.74, 6) is 1.45. The normalized spacial score (nSPS) is 10.1. The first-order valence-electron chi connectivity index (χ1n) is 4.89. The summed E-state index contributed by atoms with van der Waals surface area (Å²) in [6, 6.07) is 5.84. The van der Waals surface area contributed by atoms with Gasteiger partial charge in [-0.1, -0.05) is 0 Å². The molecule has 0 saturated carbocycles. The average Bonchev–Trinajstić information content (AvgIpc) is 2.72. The van der Waals surface area contributed by atoms with Gasteiger partial charge in [0, 0.05) is 23.7 Å². The molecule has 0 radical (unpaired) electrons. The number of ether oxygens (including phenoxy) is 2. The molecule has 0 amide bonds. The Morgan fingerprint density at radius 3 is 2.75 bits per heavy atom. The van der Waals surface area contributed by atoms with Crippen LogP contribution in [0.15, 0.2) is 18.3 Å². The van der Waals surface area contributed by atoms with Crippen molar-refractivity contribution >= 4 is 10.9 Å². The molecule has 1 heterocycles. The summed E-state index contributed by atoms with van der Waals surface area (Å²) >= 11 is 0. The Morgan fingerprint density at radius 2 is 2.12 bits per heavy atom. The monoisotopic (exact) mass is 216 g/mol. The Balaban J connectivity index is 2.68. The average molecular weight is 216 g/mol. The third kappa shape index (κ3) is 1.57. The number of nitriles is 1. The topological polar surface area (TPSA) is 58.0 Å². The van der Waals surface area contributed by atoms with E-state index in [1.54, 1.807) is 14.2 Å². The highest BCUT2D eigenvalue weighted by Crippen LogP contribution is 2.33. The van der Waals surface area contributed by atoms with Gasteiger partial charge in [-0.3, -0.25) is 0 Å². The molecule has 2 aromatic rings. The number of aromatic amines is 1. The third-order valence-electron chi connectivity index (χ3n) is 2.52. The number of aromatic nitrogens is 1. The number of hydrogen-bond donors (Lipinski definition) is 1. The van der Waals surface area contributed by atoms with E-state index in [0.717, 1.165) is 28.0 Å². The lowest BCUT2D eigenvalue weighted by atomic mass is 10.1. The molecule has 0 unspecified atom stereocenters. The zero-order chi connectivity index (χ0) is 11.5. The van der Waals surface area contributed by atoms with Crippen molar-refractivity contribution in [2.75, 3.05) is 14.2 Å². The van der Waals surface area contributed by atoms with Gasteiger partial charge in [-0.2, -0.15) is 5.26 Å². The fourth-order valence-corrected chi connectivity index (χ4v) is 1.78. The number of hydrogen-bond acceptors (Lipinski definition) is 3. The van der Waals surface area contributed by atoms with E-state index in [0.29, 0.717) is 6.42 Å². The van der Waals surface area contributed by atoms with Gasteiger partial charge in [-0.05, 0) is 5.56 Å². The minimum atomic E-state index is 0.364. The maximum atomic E-state index is 8.73. The van der Waals surface area contributed by atoms with Crippen molar-refractivity contribution in [1.29, 1.82) is 5.26 Å². The highest BCUT2D eigenvalue weighted by molar-refractivity contribution is 5.91. The smallest absolute Gasteiger partial charge is 0.132 e. The van der Waals surface area contributed by atoms with Crippen LogP contribution >= 0.6 is 0 Å². The second-order valence-electron chi connectivity index (χ2n) is 3.40. The van der Waals surface area contributed by atoms with E-state index in [4.69, 9.17) is 14.7 Å². The standard InChI is InChI=1S/C12H12N2O2/c1-15-9-5-10-12(11(6-9)16-2)8(3-4-13)7-14-10/h5-7,14H,3H2,1-2H3. The lowest BCUT2D eigenvalue weighted by Crippen LogP contribution is -1.89. The molecular formula is C12H12N2O2. The van der Waals surface area contributed by atoms with Crippen molar-refractivity contribution in [3.05, 3.63) is 23.9 Å². The first kappa shape index (κ1) is 10.4. The van der Waals surface area contributed by atoms with Crippen molar-refractivity contribution in [3.63, 3.8) is 0 Å². The first-order valence-corrected chi connectivity index (χ1v) is 4.89. The fourth-order valence-electron chi connectivity index (χ4n) is 1.78. The molecular weight excluding hydrogens is 204 g/mol. The summed E-state index contributed by atoms with van der Waals surface area (Å²) in [5, 5.41) is 9.68. The summed E-state index contributed by atoms with van der Waals surface area (Å²) in [6.45, 7) is 0. The molecule has 2 rings (SSSR count). The minimum absolute atomic E-state index is 0.364. The lowest BCUT2D eigenvalue weighted by molar-refractivity contribution is 0.398. The first-order chi connectivity index (χ1) is 7.80. The lowest BCUT2D eigenvalue weighted by Gasteiger charge is -2.06. The molecule has 1 aromatic heterocycles. The SMILES string of the molecule is COc1cc(OC)c2c(CC#N)c[nH]c2c1. The van der Waals surface area contributed by atoms with Gasteiger partial charge in [0.25, 0.3) is 0 Å². The summed E-state index contributed by atoms with van der Waals surface area (Å²) in [6.07, 6.45) is 2.19. The van der Waals surface area contributed by atoms with Gasteiger partial charge < -0.3 is 14.5 Å². The van der Waals surface area contributed by atoms with E-state index in [1.807, 2.05) is 18.3 Å². The van der Waals surface area contributed by atoms with E-state index in [1.165, 1.54) is 0 Å². The number of benzene rings is 1. The number of methoxy groups -OCH3 is 2. The van der Waals surface area contributed by atoms with Gasteiger partial charge in [0.1, 0.15) is 11.5 Å². The number of fused-ring (bicyclic) bond motifs is 1. The van der Waals surface area contributed by atoms with Crippen LogP contribution < -0.4 is 9.47 Å². The molecule has 0 aliphatic heterocycles. The molecule has 1 N–H and O–H groups in total. The van der Waals surface area contributed by atoms with Gasteiger partial charge in [0.05, 0.1) is 32.2 Å². The summed E-state index contributed by atoms with van der Waals surface area (Å²) in [5.41, 5.74) is 1.86. The summed E-state index contributed by atoms with van der Waals surface area (Å²) in [7, 11) is 3.22. The van der Waals surface area contributed by atoms with E-state index in [2.05, 4.69) is 11.1 Å². The zero-order valence-corrected chi connectivity index (χ0v) is 9.20. The molecule has 0 saturated heterocycles. The number of nitrogens with one attached hydrogen (secondary N) is 1. The fraction of sp³-hybridized carbons (Fsp3) is 0.250. The second-order valence-corrected chi connectivity index (χ2v) is 3.40. The van der Waals surface area contributed by atoms with Crippen molar-refractivity contribution in [2.45, 2.75) is 6.42 Å². The predicted octanol–water partition coefficient (Wildman–Crippen LogP) is 2.25.